The van der Waals surface area contributed by atoms with Crippen LogP contribution in [0.3, 0.4) is 0 Å². The fraction of sp³-hybridized carbons (Fsp3) is 0.700. The Kier molecular flexibility index (Phi) is 2.49. The van der Waals surface area contributed by atoms with Gasteiger partial charge in [0.25, 0.3) is 0 Å². The van der Waals surface area contributed by atoms with Crippen molar-refractivity contribution >= 4 is 17.2 Å². The Labute approximate surface area is 88.3 Å². The molecule has 1 saturated heterocycles. The van der Waals surface area contributed by atoms with Gasteiger partial charge in [-0.25, -0.2) is 4.98 Å². The molecule has 1 atom stereocenters. The van der Waals surface area contributed by atoms with Crippen molar-refractivity contribution in [3.05, 3.63) is 9.88 Å². The van der Waals surface area contributed by atoms with E-state index in [0.29, 0.717) is 5.82 Å². The van der Waals surface area contributed by atoms with Gasteiger partial charge in [-0.3, -0.25) is 0 Å². The van der Waals surface area contributed by atoms with E-state index in [1.54, 1.807) is 11.3 Å². The van der Waals surface area contributed by atoms with E-state index in [0.717, 1.165) is 29.3 Å². The van der Waals surface area contributed by atoms with Gasteiger partial charge < -0.3 is 10.5 Å². The fourth-order valence-electron chi connectivity index (χ4n) is 1.74. The van der Waals surface area contributed by atoms with Crippen LogP contribution >= 0.6 is 11.3 Å². The molecule has 2 rings (SSSR count). The van der Waals surface area contributed by atoms with Crippen LogP contribution in [0.4, 0.5) is 5.82 Å². The molecule has 4 heteroatoms. The molecule has 1 fully saturated rings. The number of aryl methyl sites for hydroxylation is 1. The van der Waals surface area contributed by atoms with Gasteiger partial charge >= 0.3 is 0 Å². The number of thiazole rings is 1. The summed E-state index contributed by atoms with van der Waals surface area (Å²) in [5.41, 5.74) is 5.56. The number of hydrogen-bond donors (Lipinski definition) is 1. The van der Waals surface area contributed by atoms with Crippen LogP contribution in [-0.2, 0) is 10.3 Å². The average Bonchev–Trinajstić information content (AvgIpc) is 2.49. The Bertz CT molecular complexity index is 309. The predicted octanol–water partition coefficient (Wildman–Crippen LogP) is 2.45. The maximum atomic E-state index is 5.81. The number of nitrogens with zero attached hydrogens (tertiary/aromatic N) is 1. The van der Waals surface area contributed by atoms with Crippen LogP contribution in [-0.4, -0.2) is 11.6 Å². The molecule has 1 aliphatic rings. The molecular formula is C10H16N2OS. The van der Waals surface area contributed by atoms with Crippen molar-refractivity contribution in [2.45, 2.75) is 38.7 Å². The van der Waals surface area contributed by atoms with E-state index >= 15 is 0 Å². The van der Waals surface area contributed by atoms with Crippen molar-refractivity contribution in [2.75, 3.05) is 12.3 Å². The SMILES string of the molecule is Cc1sc(C2(C)CCCCO2)nc1N. The zero-order chi connectivity index (χ0) is 10.2. The van der Waals surface area contributed by atoms with Crippen LogP contribution in [0.1, 0.15) is 36.1 Å². The van der Waals surface area contributed by atoms with E-state index in [1.165, 1.54) is 6.42 Å². The molecule has 1 aromatic rings. The molecular weight excluding hydrogens is 196 g/mol. The third-order valence-electron chi connectivity index (χ3n) is 2.75. The topological polar surface area (TPSA) is 48.1 Å². The fourth-order valence-corrected chi connectivity index (χ4v) is 2.70. The molecule has 0 aliphatic carbocycles. The van der Waals surface area contributed by atoms with E-state index in [4.69, 9.17) is 10.5 Å². The van der Waals surface area contributed by atoms with Gasteiger partial charge in [0.1, 0.15) is 16.4 Å². The molecule has 78 valence electrons. The standard InChI is InChI=1S/C10H16N2OS/c1-7-8(11)12-9(14-7)10(2)5-3-4-6-13-10/h3-6,11H2,1-2H3. The summed E-state index contributed by atoms with van der Waals surface area (Å²) in [5, 5.41) is 1.03. The van der Waals surface area contributed by atoms with E-state index in [9.17, 15) is 0 Å². The highest BCUT2D eigenvalue weighted by molar-refractivity contribution is 7.12. The third-order valence-corrected chi connectivity index (χ3v) is 3.99. The number of ether oxygens (including phenoxy) is 1. The van der Waals surface area contributed by atoms with Crippen molar-refractivity contribution in [3.8, 4) is 0 Å². The summed E-state index contributed by atoms with van der Waals surface area (Å²) in [6.45, 7) is 4.96. The van der Waals surface area contributed by atoms with Gasteiger partial charge in [0, 0.05) is 11.5 Å². The first-order valence-electron chi connectivity index (χ1n) is 4.99. The van der Waals surface area contributed by atoms with Crippen LogP contribution in [0, 0.1) is 6.92 Å². The number of aromatic nitrogens is 1. The lowest BCUT2D eigenvalue weighted by molar-refractivity contribution is -0.0701. The maximum Gasteiger partial charge on any atom is 0.137 e. The van der Waals surface area contributed by atoms with E-state index < -0.39 is 0 Å². The zero-order valence-corrected chi connectivity index (χ0v) is 9.49. The Hall–Kier alpha value is -0.610. The highest BCUT2D eigenvalue weighted by atomic mass is 32.1. The average molecular weight is 212 g/mol. The summed E-state index contributed by atoms with van der Waals surface area (Å²) in [5.74, 6) is 0.653. The smallest absolute Gasteiger partial charge is 0.137 e. The maximum absolute atomic E-state index is 5.81. The molecule has 0 bridgehead atoms. The van der Waals surface area contributed by atoms with Gasteiger partial charge in [-0.2, -0.15) is 0 Å². The van der Waals surface area contributed by atoms with Gasteiger partial charge in [0.05, 0.1) is 0 Å². The molecule has 2 N–H and O–H groups in total. The molecule has 0 saturated carbocycles. The molecule has 0 radical (unpaired) electrons. The second kappa shape index (κ2) is 3.51. The highest BCUT2D eigenvalue weighted by Crippen LogP contribution is 2.38. The molecule has 3 nitrogen and oxygen atoms in total. The Morgan fingerprint density at radius 1 is 1.50 bits per heavy atom. The second-order valence-corrected chi connectivity index (χ2v) is 5.20. The van der Waals surface area contributed by atoms with E-state index in [-0.39, 0.29) is 5.60 Å². The lowest BCUT2D eigenvalue weighted by atomic mass is 9.97. The first kappa shape index (κ1) is 9.93. The minimum absolute atomic E-state index is 0.189. The van der Waals surface area contributed by atoms with Crippen molar-refractivity contribution < 1.29 is 4.74 Å². The monoisotopic (exact) mass is 212 g/mol. The van der Waals surface area contributed by atoms with Gasteiger partial charge in [-0.15, -0.1) is 11.3 Å². The quantitative estimate of drug-likeness (QED) is 0.778. The molecule has 0 spiro atoms. The zero-order valence-electron chi connectivity index (χ0n) is 8.67. The van der Waals surface area contributed by atoms with Crippen molar-refractivity contribution in [1.29, 1.82) is 0 Å². The molecule has 0 amide bonds. The van der Waals surface area contributed by atoms with Gasteiger partial charge in [-0.1, -0.05) is 0 Å². The molecule has 0 aromatic carbocycles. The number of anilines is 1. The first-order chi connectivity index (χ1) is 6.62. The normalized spacial score (nSPS) is 27.9. The van der Waals surface area contributed by atoms with E-state index in [1.807, 2.05) is 6.92 Å². The Morgan fingerprint density at radius 2 is 2.29 bits per heavy atom. The number of rotatable bonds is 1. The van der Waals surface area contributed by atoms with Crippen molar-refractivity contribution in [3.63, 3.8) is 0 Å². The first-order valence-corrected chi connectivity index (χ1v) is 5.81. The van der Waals surface area contributed by atoms with Crippen LogP contribution < -0.4 is 5.73 Å². The highest BCUT2D eigenvalue weighted by Gasteiger charge is 2.33. The lowest BCUT2D eigenvalue weighted by Gasteiger charge is -2.31. The molecule has 1 unspecified atom stereocenters. The van der Waals surface area contributed by atoms with Gasteiger partial charge in [0.15, 0.2) is 0 Å². The Balaban J connectivity index is 2.28. The summed E-state index contributed by atoms with van der Waals surface area (Å²) in [6, 6.07) is 0. The van der Waals surface area contributed by atoms with Crippen LogP contribution in [0.15, 0.2) is 0 Å². The van der Waals surface area contributed by atoms with Crippen molar-refractivity contribution in [2.24, 2.45) is 0 Å². The van der Waals surface area contributed by atoms with E-state index in [2.05, 4.69) is 11.9 Å². The summed E-state index contributed by atoms with van der Waals surface area (Å²) in [6.07, 6.45) is 3.43. The van der Waals surface area contributed by atoms with Crippen molar-refractivity contribution in [1.82, 2.24) is 4.98 Å². The van der Waals surface area contributed by atoms with Crippen LogP contribution in [0.5, 0.6) is 0 Å². The minimum Gasteiger partial charge on any atom is -0.383 e. The molecule has 2 heterocycles. The molecule has 14 heavy (non-hydrogen) atoms. The third kappa shape index (κ3) is 1.64. The van der Waals surface area contributed by atoms with Crippen LogP contribution in [0.25, 0.3) is 0 Å². The molecule has 1 aromatic heterocycles. The minimum atomic E-state index is -0.189. The summed E-state index contributed by atoms with van der Waals surface area (Å²) in [4.78, 5) is 5.47. The van der Waals surface area contributed by atoms with Gasteiger partial charge in [0.2, 0.25) is 0 Å². The predicted molar refractivity (Wildman–Crippen MR) is 58.4 cm³/mol. The summed E-state index contributed by atoms with van der Waals surface area (Å²) < 4.78 is 5.81. The Morgan fingerprint density at radius 3 is 2.79 bits per heavy atom. The van der Waals surface area contributed by atoms with Crippen LogP contribution in [0.2, 0.25) is 0 Å². The largest absolute Gasteiger partial charge is 0.383 e. The van der Waals surface area contributed by atoms with Gasteiger partial charge in [-0.05, 0) is 33.1 Å². The molecule has 1 aliphatic heterocycles. The number of nitrogen functional groups attached to an aromatic ring is 1. The summed E-state index contributed by atoms with van der Waals surface area (Å²) >= 11 is 1.66. The number of hydrogen-bond acceptors (Lipinski definition) is 4. The lowest BCUT2D eigenvalue weighted by Crippen LogP contribution is -2.29. The number of nitrogens with two attached hydrogens (primary N) is 1. The second-order valence-electron chi connectivity index (χ2n) is 4.00. The summed E-state index contributed by atoms with van der Waals surface area (Å²) in [7, 11) is 0.